The number of thiophene rings is 1. The van der Waals surface area contributed by atoms with Gasteiger partial charge in [0.1, 0.15) is 5.82 Å². The Morgan fingerprint density at radius 3 is 2.50 bits per heavy atom. The molecule has 0 saturated heterocycles. The van der Waals surface area contributed by atoms with Crippen molar-refractivity contribution in [3.05, 3.63) is 70.4 Å². The number of hydrogen-bond donors (Lipinski definition) is 1. The number of aliphatic carboxylic acids is 1. The van der Waals surface area contributed by atoms with Crippen LogP contribution in [-0.4, -0.2) is 16.9 Å². The lowest BCUT2D eigenvalue weighted by atomic mass is 10.0. The van der Waals surface area contributed by atoms with E-state index >= 15 is 0 Å². The number of rotatable bonds is 6. The van der Waals surface area contributed by atoms with Crippen molar-refractivity contribution >= 4 is 33.2 Å². The van der Waals surface area contributed by atoms with Gasteiger partial charge in [0.25, 0.3) is 0 Å². The van der Waals surface area contributed by atoms with E-state index < -0.39 is 5.97 Å². The molecule has 2 aromatic carbocycles. The fourth-order valence-corrected chi connectivity index (χ4v) is 3.58. The summed E-state index contributed by atoms with van der Waals surface area (Å²) >= 11 is 1.57. The van der Waals surface area contributed by atoms with Crippen LogP contribution in [-0.2, 0) is 17.6 Å². The third-order valence-corrected chi connectivity index (χ3v) is 4.92. The van der Waals surface area contributed by atoms with Crippen LogP contribution in [0.2, 0.25) is 0 Å². The van der Waals surface area contributed by atoms with Gasteiger partial charge < -0.3 is 5.11 Å². The Hall–Kier alpha value is -2.53. The molecule has 0 atom stereocenters. The topological polar surface area (TPSA) is 54.4 Å². The zero-order valence-electron chi connectivity index (χ0n) is 12.8. The van der Waals surface area contributed by atoms with Gasteiger partial charge in [0, 0.05) is 21.6 Å². The fourth-order valence-electron chi connectivity index (χ4n) is 2.53. The summed E-state index contributed by atoms with van der Waals surface area (Å²) in [5.41, 5.74) is 1.38. The highest BCUT2D eigenvalue weighted by Gasteiger charge is 2.09. The first-order valence-corrected chi connectivity index (χ1v) is 8.35. The monoisotopic (exact) mass is 342 g/mol. The second kappa shape index (κ2) is 6.93. The maximum Gasteiger partial charge on any atom is 0.303 e. The smallest absolute Gasteiger partial charge is 0.303 e. The van der Waals surface area contributed by atoms with Crippen LogP contribution < -0.4 is 0 Å². The lowest BCUT2D eigenvalue weighted by Crippen LogP contribution is -2.03. The molecule has 0 aliphatic rings. The zero-order valence-corrected chi connectivity index (χ0v) is 13.6. The Kier molecular flexibility index (Phi) is 4.71. The van der Waals surface area contributed by atoms with E-state index in [1.54, 1.807) is 11.3 Å². The molecule has 0 fully saturated rings. The van der Waals surface area contributed by atoms with Gasteiger partial charge in [-0.25, -0.2) is 4.39 Å². The standard InChI is InChI=1S/C19H15FO3S/c20-15-4-2-13(3-5-15)17(21)10-12-1-7-18-14(9-12)11-16(24-18)6-8-19(22)23/h1-5,7,9,11H,6,8,10H2,(H,22,23). The lowest BCUT2D eigenvalue weighted by Gasteiger charge is -2.02. The molecule has 0 spiro atoms. The van der Waals surface area contributed by atoms with E-state index in [2.05, 4.69) is 0 Å². The van der Waals surface area contributed by atoms with Crippen molar-refractivity contribution in [1.29, 1.82) is 0 Å². The minimum Gasteiger partial charge on any atom is -0.481 e. The number of ketones is 1. The average Bonchev–Trinajstić information content (AvgIpc) is 2.95. The first-order valence-electron chi connectivity index (χ1n) is 7.53. The number of Topliss-reactive ketones (excluding diaryl/α,β-unsaturated/α-hetero) is 1. The maximum atomic E-state index is 12.9. The summed E-state index contributed by atoms with van der Waals surface area (Å²) in [4.78, 5) is 23.9. The molecule has 0 amide bonds. The van der Waals surface area contributed by atoms with Gasteiger partial charge >= 0.3 is 5.97 Å². The molecule has 5 heteroatoms. The van der Waals surface area contributed by atoms with E-state index in [1.807, 2.05) is 24.3 Å². The number of fused-ring (bicyclic) bond motifs is 1. The second-order valence-electron chi connectivity index (χ2n) is 5.59. The predicted molar refractivity (Wildman–Crippen MR) is 92.2 cm³/mol. The van der Waals surface area contributed by atoms with Crippen LogP contribution in [0.5, 0.6) is 0 Å². The number of carbonyl (C=O) groups is 2. The molecule has 122 valence electrons. The number of carboxylic acids is 1. The third kappa shape index (κ3) is 3.86. The summed E-state index contributed by atoms with van der Waals surface area (Å²) in [7, 11) is 0. The first kappa shape index (κ1) is 16.3. The Bertz CT molecular complexity index is 897. The predicted octanol–water partition coefficient (Wildman–Crippen LogP) is 4.48. The largest absolute Gasteiger partial charge is 0.481 e. The molecule has 24 heavy (non-hydrogen) atoms. The fraction of sp³-hybridized carbons (Fsp3) is 0.158. The Balaban J connectivity index is 1.76. The van der Waals surface area contributed by atoms with E-state index in [9.17, 15) is 14.0 Å². The van der Waals surface area contributed by atoms with E-state index in [-0.39, 0.29) is 24.4 Å². The molecule has 1 aromatic heterocycles. The molecule has 1 heterocycles. The van der Waals surface area contributed by atoms with Crippen LogP contribution in [0.1, 0.15) is 27.2 Å². The summed E-state index contributed by atoms with van der Waals surface area (Å²) in [6.07, 6.45) is 0.878. The summed E-state index contributed by atoms with van der Waals surface area (Å²) in [6, 6.07) is 13.3. The van der Waals surface area contributed by atoms with Crippen LogP contribution >= 0.6 is 11.3 Å². The summed E-state index contributed by atoms with van der Waals surface area (Å²) in [5.74, 6) is -1.23. The van der Waals surface area contributed by atoms with Crippen LogP contribution in [0.15, 0.2) is 48.5 Å². The second-order valence-corrected chi connectivity index (χ2v) is 6.75. The minimum atomic E-state index is -0.807. The minimum absolute atomic E-state index is 0.0596. The Labute approximate surface area is 142 Å². The number of carboxylic acid groups (broad SMARTS) is 1. The summed E-state index contributed by atoms with van der Waals surface area (Å²) < 4.78 is 14.0. The average molecular weight is 342 g/mol. The van der Waals surface area contributed by atoms with Gasteiger partial charge in [-0.2, -0.15) is 0 Å². The molecule has 0 unspecified atom stereocenters. The number of halogens is 1. The van der Waals surface area contributed by atoms with Gasteiger partial charge in [0.05, 0.1) is 6.42 Å². The molecule has 0 aliphatic heterocycles. The van der Waals surface area contributed by atoms with Crippen LogP contribution in [0.3, 0.4) is 0 Å². The highest BCUT2D eigenvalue weighted by molar-refractivity contribution is 7.19. The summed E-state index contributed by atoms with van der Waals surface area (Å²) in [5, 5.41) is 9.78. The Morgan fingerprint density at radius 2 is 1.79 bits per heavy atom. The highest BCUT2D eigenvalue weighted by atomic mass is 32.1. The lowest BCUT2D eigenvalue weighted by molar-refractivity contribution is -0.136. The van der Waals surface area contributed by atoms with Gasteiger partial charge in [-0.3, -0.25) is 9.59 Å². The van der Waals surface area contributed by atoms with E-state index in [4.69, 9.17) is 5.11 Å². The van der Waals surface area contributed by atoms with Crippen LogP contribution in [0.4, 0.5) is 4.39 Å². The molecular formula is C19H15FO3S. The molecule has 0 saturated carbocycles. The molecular weight excluding hydrogens is 327 g/mol. The summed E-state index contributed by atoms with van der Waals surface area (Å²) in [6.45, 7) is 0. The van der Waals surface area contributed by atoms with Crippen molar-refractivity contribution in [2.45, 2.75) is 19.3 Å². The van der Waals surface area contributed by atoms with Crippen molar-refractivity contribution in [3.63, 3.8) is 0 Å². The van der Waals surface area contributed by atoms with E-state index in [1.165, 1.54) is 24.3 Å². The van der Waals surface area contributed by atoms with Crippen molar-refractivity contribution < 1.29 is 19.1 Å². The molecule has 0 aliphatic carbocycles. The van der Waals surface area contributed by atoms with Gasteiger partial charge in [0.2, 0.25) is 0 Å². The Morgan fingerprint density at radius 1 is 1.04 bits per heavy atom. The molecule has 3 rings (SSSR count). The molecule has 0 radical (unpaired) electrons. The molecule has 3 aromatic rings. The molecule has 3 nitrogen and oxygen atoms in total. The quantitative estimate of drug-likeness (QED) is 0.672. The molecule has 0 bridgehead atoms. The highest BCUT2D eigenvalue weighted by Crippen LogP contribution is 2.28. The van der Waals surface area contributed by atoms with E-state index in [0.29, 0.717) is 12.0 Å². The van der Waals surface area contributed by atoms with Gasteiger partial charge in [-0.1, -0.05) is 6.07 Å². The molecule has 1 N–H and O–H groups in total. The van der Waals surface area contributed by atoms with Crippen molar-refractivity contribution in [3.8, 4) is 0 Å². The third-order valence-electron chi connectivity index (χ3n) is 3.75. The van der Waals surface area contributed by atoms with Gasteiger partial charge in [0.15, 0.2) is 5.78 Å². The van der Waals surface area contributed by atoms with Crippen molar-refractivity contribution in [1.82, 2.24) is 0 Å². The number of hydrogen-bond acceptors (Lipinski definition) is 3. The SMILES string of the molecule is O=C(O)CCc1cc2cc(CC(=O)c3ccc(F)cc3)ccc2s1. The van der Waals surface area contributed by atoms with Crippen molar-refractivity contribution in [2.75, 3.05) is 0 Å². The number of carbonyl (C=O) groups excluding carboxylic acids is 1. The van der Waals surface area contributed by atoms with E-state index in [0.717, 1.165) is 20.5 Å². The van der Waals surface area contributed by atoms with Crippen LogP contribution in [0, 0.1) is 5.82 Å². The maximum absolute atomic E-state index is 12.9. The van der Waals surface area contributed by atoms with Crippen LogP contribution in [0.25, 0.3) is 10.1 Å². The van der Waals surface area contributed by atoms with Gasteiger partial charge in [-0.15, -0.1) is 11.3 Å². The number of aryl methyl sites for hydroxylation is 1. The van der Waals surface area contributed by atoms with Crippen molar-refractivity contribution in [2.24, 2.45) is 0 Å². The number of benzene rings is 2. The zero-order chi connectivity index (χ0) is 17.1. The first-order chi connectivity index (χ1) is 11.5. The van der Waals surface area contributed by atoms with Gasteiger partial charge in [-0.05, 0) is 59.8 Å². The normalized spacial score (nSPS) is 10.9.